The van der Waals surface area contributed by atoms with E-state index in [2.05, 4.69) is 5.10 Å². The number of nitrogens with one attached hydrogen (secondary N) is 1. The zero-order chi connectivity index (χ0) is 10.3. The largest absolute Gasteiger partial charge is 0.282 e. The number of hydrogen-bond donors (Lipinski definition) is 1. The number of non-ortho nitro benzene ring substituents is 1. The van der Waals surface area contributed by atoms with Gasteiger partial charge in [0.05, 0.1) is 10.4 Å². The number of aromatic amines is 1. The lowest BCUT2D eigenvalue weighted by molar-refractivity contribution is -0.384. The molecule has 0 amide bonds. The van der Waals surface area contributed by atoms with Crippen LogP contribution in [0.5, 0.6) is 0 Å². The molecule has 1 heterocycles. The number of aromatic nitrogens is 2. The van der Waals surface area contributed by atoms with Gasteiger partial charge in [0.1, 0.15) is 0 Å². The Bertz CT molecular complexity index is 521. The molecule has 2 aromatic rings. The minimum absolute atomic E-state index is 0.0219. The smallest absolute Gasteiger partial charge is 0.270 e. The highest BCUT2D eigenvalue weighted by molar-refractivity contribution is 5.83. The lowest BCUT2D eigenvalue weighted by Gasteiger charge is -1.90. The van der Waals surface area contributed by atoms with E-state index in [9.17, 15) is 10.1 Å². The van der Waals surface area contributed by atoms with Gasteiger partial charge in [0.25, 0.3) is 5.69 Å². The minimum Gasteiger partial charge on any atom is -0.282 e. The maximum Gasteiger partial charge on any atom is 0.270 e. The van der Waals surface area contributed by atoms with Gasteiger partial charge in [0.2, 0.25) is 0 Å². The third kappa shape index (κ3) is 1.14. The molecule has 0 aliphatic carbocycles. The van der Waals surface area contributed by atoms with Crippen molar-refractivity contribution in [2.45, 2.75) is 6.92 Å². The van der Waals surface area contributed by atoms with E-state index >= 15 is 0 Å². The molecule has 2 rings (SSSR count). The molecule has 0 unspecified atom stereocenters. The Kier molecular flexibility index (Phi) is 1.29. The van der Waals surface area contributed by atoms with Gasteiger partial charge in [-0.05, 0) is 13.0 Å². The summed E-state index contributed by atoms with van der Waals surface area (Å²) in [6.45, 7) is 1.70. The third-order valence-corrected chi connectivity index (χ3v) is 1.89. The Morgan fingerprint density at radius 2 is 2.46 bits per heavy atom. The van der Waals surface area contributed by atoms with Gasteiger partial charge in [-0.3, -0.25) is 15.2 Å². The fourth-order valence-corrected chi connectivity index (χ4v) is 1.20. The van der Waals surface area contributed by atoms with Gasteiger partial charge < -0.3 is 0 Å². The van der Waals surface area contributed by atoms with Crippen LogP contribution in [0.25, 0.3) is 10.9 Å². The number of aryl methyl sites for hydroxylation is 1. The van der Waals surface area contributed by atoms with Crippen LogP contribution in [0, 0.1) is 17.0 Å². The molecule has 1 aromatic heterocycles. The highest BCUT2D eigenvalue weighted by atomic mass is 16.6. The molecular formula is C8H7N3O2. The van der Waals surface area contributed by atoms with Gasteiger partial charge in [-0.2, -0.15) is 5.10 Å². The summed E-state index contributed by atoms with van der Waals surface area (Å²) in [4.78, 5) is 10.0. The summed E-state index contributed by atoms with van der Waals surface area (Å²) in [6.07, 6.45) is 0. The van der Waals surface area contributed by atoms with E-state index in [1.165, 1.54) is 12.1 Å². The van der Waals surface area contributed by atoms with Crippen molar-refractivity contribution in [3.05, 3.63) is 34.0 Å². The van der Waals surface area contributed by atoms with Crippen molar-refractivity contribution in [1.82, 2.24) is 10.2 Å². The molecular weight excluding hydrogens is 170 g/mol. The van der Waals surface area contributed by atoms with E-state index < -0.39 is 4.92 Å². The summed E-state index contributed by atoms with van der Waals surface area (Å²) in [7, 11) is 0. The SMILES string of the molecule is [2H]n1nc2ccc([N+](=O)[O-])cc2c1C. The molecule has 66 valence electrons. The molecule has 0 atom stereocenters. The molecule has 13 heavy (non-hydrogen) atoms. The van der Waals surface area contributed by atoms with Crippen LogP contribution in [0.2, 0.25) is 1.41 Å². The van der Waals surface area contributed by atoms with Crippen LogP contribution in [0.1, 0.15) is 5.69 Å². The standard InChI is InChI=1S/C8H7N3O2/c1-5-7-4-6(11(12)13)2-3-8(7)10-9-5/h2-4H,1H3,(H,9,10)/i/hD. The predicted molar refractivity (Wildman–Crippen MR) is 47.5 cm³/mol. The molecule has 1 N–H and O–H groups in total. The van der Waals surface area contributed by atoms with Crippen molar-refractivity contribution in [2.24, 2.45) is 0 Å². The molecule has 5 nitrogen and oxygen atoms in total. The van der Waals surface area contributed by atoms with Gasteiger partial charge in [0.15, 0.2) is 1.41 Å². The Labute approximate surface area is 75.0 Å². The first-order valence-corrected chi connectivity index (χ1v) is 3.72. The average molecular weight is 178 g/mol. The van der Waals surface area contributed by atoms with Gasteiger partial charge in [-0.1, -0.05) is 0 Å². The van der Waals surface area contributed by atoms with E-state index in [-0.39, 0.29) is 5.69 Å². The molecule has 0 radical (unpaired) electrons. The maximum absolute atomic E-state index is 10.5. The number of nitrogens with zero attached hydrogens (tertiary/aromatic N) is 2. The first kappa shape index (κ1) is 6.59. The second kappa shape index (κ2) is 2.55. The maximum atomic E-state index is 10.5. The van der Waals surface area contributed by atoms with E-state index in [1.54, 1.807) is 13.0 Å². The van der Waals surface area contributed by atoms with Crippen LogP contribution in [-0.4, -0.2) is 15.1 Å². The predicted octanol–water partition coefficient (Wildman–Crippen LogP) is 1.78. The summed E-state index contributed by atoms with van der Waals surface area (Å²) in [5.74, 6) is 0. The lowest BCUT2D eigenvalue weighted by atomic mass is 10.2. The zero-order valence-corrected chi connectivity index (χ0v) is 6.89. The van der Waals surface area contributed by atoms with E-state index in [1.807, 2.05) is 0 Å². The second-order valence-corrected chi connectivity index (χ2v) is 2.74. The van der Waals surface area contributed by atoms with Gasteiger partial charge in [-0.15, -0.1) is 0 Å². The first-order chi connectivity index (χ1) is 6.59. The zero-order valence-electron chi connectivity index (χ0n) is 7.89. The van der Waals surface area contributed by atoms with Crippen LogP contribution < -0.4 is 0 Å². The fraction of sp³-hybridized carbons (Fsp3) is 0.125. The number of hydrogen-bond acceptors (Lipinski definition) is 3. The summed E-state index contributed by atoms with van der Waals surface area (Å²) in [5, 5.41) is 16.0. The molecule has 0 saturated heterocycles. The summed E-state index contributed by atoms with van der Waals surface area (Å²) in [5.41, 5.74) is 1.22. The molecule has 0 fully saturated rings. The Balaban J connectivity index is 2.76. The van der Waals surface area contributed by atoms with Crippen LogP contribution >= 0.6 is 0 Å². The number of fused-ring (bicyclic) bond motifs is 1. The Morgan fingerprint density at radius 3 is 3.15 bits per heavy atom. The topological polar surface area (TPSA) is 71.8 Å². The molecule has 1 aromatic carbocycles. The number of rotatable bonds is 1. The van der Waals surface area contributed by atoms with Crippen molar-refractivity contribution in [3.63, 3.8) is 0 Å². The summed E-state index contributed by atoms with van der Waals surface area (Å²) in [6, 6.07) is 4.36. The van der Waals surface area contributed by atoms with Crippen molar-refractivity contribution >= 4 is 16.6 Å². The van der Waals surface area contributed by atoms with E-state index in [4.69, 9.17) is 1.41 Å². The van der Waals surface area contributed by atoms with Crippen LogP contribution in [0.4, 0.5) is 5.69 Å². The summed E-state index contributed by atoms with van der Waals surface area (Å²) >= 11 is 0. The van der Waals surface area contributed by atoms with E-state index in [0.29, 0.717) is 16.6 Å². The first-order valence-electron chi connectivity index (χ1n) is 4.17. The lowest BCUT2D eigenvalue weighted by Crippen LogP contribution is -1.86. The monoisotopic (exact) mass is 178 g/mol. The third-order valence-electron chi connectivity index (χ3n) is 1.89. The highest BCUT2D eigenvalue weighted by Gasteiger charge is 2.08. The summed E-state index contributed by atoms with van der Waals surface area (Å²) < 4.78 is 7.36. The van der Waals surface area contributed by atoms with Gasteiger partial charge in [-0.25, -0.2) is 0 Å². The number of benzene rings is 1. The molecule has 0 saturated carbocycles. The minimum atomic E-state index is -0.458. The molecule has 0 aliphatic heterocycles. The molecule has 5 heteroatoms. The normalized spacial score (nSPS) is 11.6. The fourth-order valence-electron chi connectivity index (χ4n) is 1.20. The van der Waals surface area contributed by atoms with Crippen molar-refractivity contribution in [2.75, 3.05) is 0 Å². The number of nitro benzene ring substituents is 1. The van der Waals surface area contributed by atoms with Crippen molar-refractivity contribution in [1.29, 1.82) is 0 Å². The molecule has 0 aliphatic rings. The van der Waals surface area contributed by atoms with Crippen LogP contribution in [0.15, 0.2) is 18.2 Å². The second-order valence-electron chi connectivity index (χ2n) is 2.74. The van der Waals surface area contributed by atoms with Gasteiger partial charge >= 0.3 is 0 Å². The van der Waals surface area contributed by atoms with Crippen molar-refractivity contribution < 1.29 is 6.34 Å². The molecule has 0 bridgehead atoms. The number of nitro groups is 1. The quantitative estimate of drug-likeness (QED) is 0.534. The van der Waals surface area contributed by atoms with Gasteiger partial charge in [0, 0.05) is 23.2 Å². The molecule has 0 spiro atoms. The highest BCUT2D eigenvalue weighted by Crippen LogP contribution is 2.20. The number of H-pyrrole nitrogens is 1. The van der Waals surface area contributed by atoms with Crippen LogP contribution in [0.3, 0.4) is 0 Å². The Hall–Kier alpha value is -1.91. The Morgan fingerprint density at radius 1 is 1.69 bits per heavy atom. The van der Waals surface area contributed by atoms with Crippen molar-refractivity contribution in [3.8, 4) is 0 Å². The van der Waals surface area contributed by atoms with Crippen LogP contribution in [-0.2, 0) is 0 Å². The van der Waals surface area contributed by atoms with E-state index in [0.717, 1.165) is 5.09 Å². The average Bonchev–Trinajstić information content (AvgIpc) is 2.43.